The summed E-state index contributed by atoms with van der Waals surface area (Å²) in [6.07, 6.45) is 0. The average Bonchev–Trinajstić information content (AvgIpc) is 2.37. The Bertz CT molecular complexity index is 611. The quantitative estimate of drug-likeness (QED) is 0.894. The lowest BCUT2D eigenvalue weighted by Gasteiger charge is -2.14. The topological polar surface area (TPSA) is 49.8 Å². The molecule has 0 aliphatic heterocycles. The summed E-state index contributed by atoms with van der Waals surface area (Å²) in [6.45, 7) is 5.88. The van der Waals surface area contributed by atoms with Gasteiger partial charge in [0.1, 0.15) is 17.5 Å². The molecule has 2 rings (SSSR count). The fraction of sp³-hybridized carbons (Fsp3) is 0.286. The van der Waals surface area contributed by atoms with Crippen LogP contribution < -0.4 is 10.6 Å². The summed E-state index contributed by atoms with van der Waals surface area (Å²) in [5.74, 6) is 2.34. The molecule has 19 heavy (non-hydrogen) atoms. The van der Waals surface area contributed by atoms with Gasteiger partial charge in [-0.2, -0.15) is 0 Å². The Morgan fingerprint density at radius 1 is 1.05 bits per heavy atom. The van der Waals surface area contributed by atoms with Gasteiger partial charge in [0.2, 0.25) is 0 Å². The van der Waals surface area contributed by atoms with Gasteiger partial charge in [0.25, 0.3) is 0 Å². The fourth-order valence-electron chi connectivity index (χ4n) is 1.85. The van der Waals surface area contributed by atoms with E-state index in [1.165, 1.54) is 0 Å². The van der Waals surface area contributed by atoms with E-state index >= 15 is 0 Å². The highest BCUT2D eigenvalue weighted by atomic mass is 35.5. The van der Waals surface area contributed by atoms with Crippen molar-refractivity contribution in [2.45, 2.75) is 20.8 Å². The first kappa shape index (κ1) is 13.6. The number of hydrogen-bond donors (Lipinski definition) is 2. The third-order valence-corrected chi connectivity index (χ3v) is 3.18. The Morgan fingerprint density at radius 2 is 1.74 bits per heavy atom. The lowest BCUT2D eigenvalue weighted by Crippen LogP contribution is -2.05. The molecule has 2 aromatic rings. The predicted octanol–water partition coefficient (Wildman–Crippen LogP) is 3.84. The monoisotopic (exact) mass is 276 g/mol. The van der Waals surface area contributed by atoms with Crippen LogP contribution in [0, 0.1) is 20.8 Å². The van der Waals surface area contributed by atoms with Crippen molar-refractivity contribution >= 4 is 28.9 Å². The highest BCUT2D eigenvalue weighted by molar-refractivity contribution is 6.30. The van der Waals surface area contributed by atoms with Crippen molar-refractivity contribution in [2.24, 2.45) is 0 Å². The third-order valence-electron chi connectivity index (χ3n) is 2.95. The zero-order chi connectivity index (χ0) is 14.0. The van der Waals surface area contributed by atoms with Crippen molar-refractivity contribution in [3.8, 4) is 0 Å². The second-order valence-corrected chi connectivity index (χ2v) is 4.86. The van der Waals surface area contributed by atoms with Crippen LogP contribution in [0.2, 0.25) is 5.02 Å². The van der Waals surface area contributed by atoms with Crippen LogP contribution in [-0.2, 0) is 0 Å². The average molecular weight is 277 g/mol. The first-order chi connectivity index (χ1) is 9.01. The van der Waals surface area contributed by atoms with E-state index in [9.17, 15) is 0 Å². The van der Waals surface area contributed by atoms with Gasteiger partial charge in [0.05, 0.1) is 0 Å². The number of rotatable bonds is 3. The first-order valence-corrected chi connectivity index (χ1v) is 6.45. The lowest BCUT2D eigenvalue weighted by molar-refractivity contribution is 1.03. The minimum Gasteiger partial charge on any atom is -0.373 e. The molecule has 0 radical (unpaired) electrons. The zero-order valence-corrected chi connectivity index (χ0v) is 12.3. The molecule has 0 unspecified atom stereocenters. The van der Waals surface area contributed by atoms with E-state index in [1.807, 2.05) is 46.0 Å². The number of nitrogens with zero attached hydrogens (tertiary/aromatic N) is 2. The molecule has 0 aliphatic rings. The second-order valence-electron chi connectivity index (χ2n) is 4.43. The normalized spacial score (nSPS) is 10.4. The Kier molecular flexibility index (Phi) is 3.90. The SMILES string of the molecule is CNc1nc(C)nc(Nc2cc(Cl)ccc2C)c1C. The van der Waals surface area contributed by atoms with E-state index in [4.69, 9.17) is 11.6 Å². The first-order valence-electron chi connectivity index (χ1n) is 6.07. The predicted molar refractivity (Wildman–Crippen MR) is 80.5 cm³/mol. The minimum atomic E-state index is 0.699. The molecular formula is C14H17ClN4. The molecular weight excluding hydrogens is 260 g/mol. The number of benzene rings is 1. The van der Waals surface area contributed by atoms with Crippen molar-refractivity contribution < 1.29 is 0 Å². The second kappa shape index (κ2) is 5.45. The molecule has 1 aromatic heterocycles. The molecule has 0 spiro atoms. The summed E-state index contributed by atoms with van der Waals surface area (Å²) in [5, 5.41) is 7.09. The van der Waals surface area contributed by atoms with E-state index in [0.717, 1.165) is 34.3 Å². The van der Waals surface area contributed by atoms with E-state index in [2.05, 4.69) is 20.6 Å². The van der Waals surface area contributed by atoms with Crippen LogP contribution in [-0.4, -0.2) is 17.0 Å². The molecule has 0 amide bonds. The number of hydrogen-bond acceptors (Lipinski definition) is 4. The van der Waals surface area contributed by atoms with Crippen molar-refractivity contribution in [1.29, 1.82) is 0 Å². The molecule has 0 atom stereocenters. The van der Waals surface area contributed by atoms with Gasteiger partial charge in [0.15, 0.2) is 0 Å². The van der Waals surface area contributed by atoms with Crippen LogP contribution in [0.15, 0.2) is 18.2 Å². The highest BCUT2D eigenvalue weighted by Crippen LogP contribution is 2.27. The molecule has 4 nitrogen and oxygen atoms in total. The number of anilines is 3. The summed E-state index contributed by atoms with van der Waals surface area (Å²) in [7, 11) is 1.85. The van der Waals surface area contributed by atoms with Gasteiger partial charge in [-0.25, -0.2) is 9.97 Å². The summed E-state index contributed by atoms with van der Waals surface area (Å²) < 4.78 is 0. The van der Waals surface area contributed by atoms with E-state index in [-0.39, 0.29) is 0 Å². The maximum atomic E-state index is 6.03. The number of halogens is 1. The van der Waals surface area contributed by atoms with E-state index in [1.54, 1.807) is 0 Å². The van der Waals surface area contributed by atoms with Gasteiger partial charge >= 0.3 is 0 Å². The number of aryl methyl sites for hydroxylation is 2. The Labute approximate surface area is 118 Å². The minimum absolute atomic E-state index is 0.699. The van der Waals surface area contributed by atoms with Gasteiger partial charge < -0.3 is 10.6 Å². The summed E-state index contributed by atoms with van der Waals surface area (Å²) in [5.41, 5.74) is 3.05. The van der Waals surface area contributed by atoms with Crippen LogP contribution in [0.25, 0.3) is 0 Å². The third kappa shape index (κ3) is 2.96. The van der Waals surface area contributed by atoms with Gasteiger partial charge in [-0.05, 0) is 38.5 Å². The van der Waals surface area contributed by atoms with Gasteiger partial charge in [-0.15, -0.1) is 0 Å². The van der Waals surface area contributed by atoms with E-state index in [0.29, 0.717) is 5.02 Å². The molecule has 0 bridgehead atoms. The molecule has 0 fully saturated rings. The van der Waals surface area contributed by atoms with Crippen molar-refractivity contribution in [3.05, 3.63) is 40.2 Å². The molecule has 0 saturated carbocycles. The van der Waals surface area contributed by atoms with Crippen LogP contribution in [0.5, 0.6) is 0 Å². The molecule has 1 aromatic carbocycles. The van der Waals surface area contributed by atoms with E-state index < -0.39 is 0 Å². The smallest absolute Gasteiger partial charge is 0.139 e. The highest BCUT2D eigenvalue weighted by Gasteiger charge is 2.09. The van der Waals surface area contributed by atoms with Crippen LogP contribution in [0.1, 0.15) is 17.0 Å². The summed E-state index contributed by atoms with van der Waals surface area (Å²) >= 11 is 6.03. The van der Waals surface area contributed by atoms with Crippen LogP contribution >= 0.6 is 11.6 Å². The maximum absolute atomic E-state index is 6.03. The number of aromatic nitrogens is 2. The molecule has 0 aliphatic carbocycles. The largest absolute Gasteiger partial charge is 0.373 e. The van der Waals surface area contributed by atoms with Gasteiger partial charge in [-0.1, -0.05) is 17.7 Å². The standard InChI is InChI=1S/C14H17ClN4/c1-8-5-6-11(15)7-12(8)19-14-9(2)13(16-4)17-10(3)18-14/h5-7H,1-4H3,(H2,16,17,18,19). The van der Waals surface area contributed by atoms with Gasteiger partial charge in [-0.3, -0.25) is 0 Å². The fourth-order valence-corrected chi connectivity index (χ4v) is 2.02. The summed E-state index contributed by atoms with van der Waals surface area (Å²) in [4.78, 5) is 8.79. The Balaban J connectivity index is 2.43. The van der Waals surface area contributed by atoms with Crippen molar-refractivity contribution in [3.63, 3.8) is 0 Å². The van der Waals surface area contributed by atoms with Crippen molar-refractivity contribution in [1.82, 2.24) is 9.97 Å². The number of nitrogens with one attached hydrogen (secondary N) is 2. The zero-order valence-electron chi connectivity index (χ0n) is 11.5. The van der Waals surface area contributed by atoms with Gasteiger partial charge in [0, 0.05) is 23.3 Å². The molecule has 100 valence electrons. The maximum Gasteiger partial charge on any atom is 0.139 e. The molecule has 5 heteroatoms. The molecule has 2 N–H and O–H groups in total. The van der Waals surface area contributed by atoms with Crippen LogP contribution in [0.4, 0.5) is 17.3 Å². The summed E-state index contributed by atoms with van der Waals surface area (Å²) in [6, 6.07) is 5.75. The van der Waals surface area contributed by atoms with Crippen molar-refractivity contribution in [2.75, 3.05) is 17.7 Å². The Hall–Kier alpha value is -1.81. The molecule has 1 heterocycles. The van der Waals surface area contributed by atoms with Crippen LogP contribution in [0.3, 0.4) is 0 Å². The Morgan fingerprint density at radius 3 is 2.42 bits per heavy atom. The lowest BCUT2D eigenvalue weighted by atomic mass is 10.2. The molecule has 0 saturated heterocycles.